The topological polar surface area (TPSA) is 89.5 Å². The van der Waals surface area contributed by atoms with E-state index in [0.717, 1.165) is 11.3 Å². The summed E-state index contributed by atoms with van der Waals surface area (Å²) in [4.78, 5) is 48.9. The molecule has 0 fully saturated rings. The van der Waals surface area contributed by atoms with Gasteiger partial charge in [-0.1, -0.05) is 24.3 Å². The number of ketones is 2. The summed E-state index contributed by atoms with van der Waals surface area (Å²) in [5, 5.41) is 2.48. The molecule has 1 heterocycles. The van der Waals surface area contributed by atoms with Gasteiger partial charge in [-0.05, 0) is 0 Å². The van der Waals surface area contributed by atoms with Crippen LogP contribution in [-0.4, -0.2) is 30.6 Å². The Morgan fingerprint density at radius 3 is 2.26 bits per heavy atom. The number of thiophene rings is 1. The maximum atomic E-state index is 12.7. The number of benzene rings is 1. The largest absolute Gasteiger partial charge is 0.465 e. The molecule has 0 spiro atoms. The van der Waals surface area contributed by atoms with Gasteiger partial charge >= 0.3 is 5.97 Å². The third kappa shape index (κ3) is 2.25. The number of esters is 1. The molecule has 0 saturated heterocycles. The second-order valence-corrected chi connectivity index (χ2v) is 5.91. The number of methoxy groups -OCH3 is 1. The zero-order chi connectivity index (χ0) is 16.7. The van der Waals surface area contributed by atoms with E-state index < -0.39 is 17.7 Å². The highest BCUT2D eigenvalue weighted by Gasteiger charge is 2.37. The molecule has 1 aliphatic carbocycles. The van der Waals surface area contributed by atoms with Gasteiger partial charge in [-0.3, -0.25) is 14.4 Å². The van der Waals surface area contributed by atoms with Crippen molar-refractivity contribution < 1.29 is 23.9 Å². The number of rotatable bonds is 2. The van der Waals surface area contributed by atoms with Crippen LogP contribution in [0.1, 0.15) is 47.8 Å². The summed E-state index contributed by atoms with van der Waals surface area (Å²) in [6, 6.07) is 6.43. The quantitative estimate of drug-likeness (QED) is 0.729. The van der Waals surface area contributed by atoms with Crippen LogP contribution >= 0.6 is 11.3 Å². The van der Waals surface area contributed by atoms with Crippen molar-refractivity contribution in [2.45, 2.75) is 6.92 Å². The van der Waals surface area contributed by atoms with Crippen molar-refractivity contribution in [2.75, 3.05) is 12.4 Å². The third-order valence-electron chi connectivity index (χ3n) is 3.43. The fraction of sp³-hybridized carbons (Fsp3) is 0.125. The lowest BCUT2D eigenvalue weighted by Crippen LogP contribution is -2.21. The van der Waals surface area contributed by atoms with E-state index in [0.29, 0.717) is 0 Å². The van der Waals surface area contributed by atoms with Gasteiger partial charge in [0, 0.05) is 18.1 Å². The van der Waals surface area contributed by atoms with Crippen LogP contribution in [0.15, 0.2) is 24.3 Å². The molecule has 0 bridgehead atoms. The van der Waals surface area contributed by atoms with Gasteiger partial charge in [0.15, 0.2) is 5.78 Å². The Morgan fingerprint density at radius 2 is 1.70 bits per heavy atom. The fourth-order valence-corrected chi connectivity index (χ4v) is 3.60. The normalized spacial score (nSPS) is 12.4. The summed E-state index contributed by atoms with van der Waals surface area (Å²) in [6.07, 6.45) is 0. The van der Waals surface area contributed by atoms with Gasteiger partial charge in [0.2, 0.25) is 11.7 Å². The number of amides is 1. The lowest BCUT2D eigenvalue weighted by Gasteiger charge is -2.15. The molecule has 1 amide bonds. The molecule has 7 heteroatoms. The van der Waals surface area contributed by atoms with Crippen LogP contribution in [0.3, 0.4) is 0 Å². The van der Waals surface area contributed by atoms with E-state index in [2.05, 4.69) is 10.1 Å². The second kappa shape index (κ2) is 5.44. The van der Waals surface area contributed by atoms with E-state index in [9.17, 15) is 19.2 Å². The summed E-state index contributed by atoms with van der Waals surface area (Å²) in [7, 11) is 1.19. The van der Waals surface area contributed by atoms with Gasteiger partial charge in [0.25, 0.3) is 0 Å². The summed E-state index contributed by atoms with van der Waals surface area (Å²) < 4.78 is 4.68. The minimum absolute atomic E-state index is 0.0298. The van der Waals surface area contributed by atoms with E-state index in [1.807, 2.05) is 0 Å². The number of fused-ring (bicyclic) bond motifs is 2. The molecule has 2 aromatic rings. The maximum absolute atomic E-state index is 12.7. The molecule has 0 saturated carbocycles. The van der Waals surface area contributed by atoms with E-state index in [4.69, 9.17) is 0 Å². The Labute approximate surface area is 135 Å². The number of anilines is 1. The predicted octanol–water partition coefficient (Wildman–Crippen LogP) is 2.27. The molecular formula is C16H11NO5S. The van der Waals surface area contributed by atoms with Crippen LogP contribution < -0.4 is 5.32 Å². The molecule has 1 aliphatic rings. The molecule has 0 unspecified atom stereocenters. The van der Waals surface area contributed by atoms with Crippen molar-refractivity contribution >= 4 is 40.5 Å². The van der Waals surface area contributed by atoms with Crippen LogP contribution in [0.2, 0.25) is 0 Å². The first kappa shape index (κ1) is 15.1. The standard InChI is InChI=1S/C16H11NO5S/c1-7(18)17-11-10-12(19)8-5-3-4-6-9(8)13(20)14(10)23-15(11)16(21)22-2/h3-6H,1-2H3,(H,17,18). The third-order valence-corrected chi connectivity index (χ3v) is 4.60. The lowest BCUT2D eigenvalue weighted by molar-refractivity contribution is -0.114. The minimum atomic E-state index is -0.710. The summed E-state index contributed by atoms with van der Waals surface area (Å²) in [5.41, 5.74) is 0.634. The monoisotopic (exact) mass is 329 g/mol. The van der Waals surface area contributed by atoms with Crippen molar-refractivity contribution in [3.8, 4) is 0 Å². The lowest BCUT2D eigenvalue weighted by atomic mass is 9.88. The van der Waals surface area contributed by atoms with Gasteiger partial charge in [-0.25, -0.2) is 4.79 Å². The van der Waals surface area contributed by atoms with Crippen molar-refractivity contribution in [3.05, 3.63) is 50.7 Å². The highest BCUT2D eigenvalue weighted by molar-refractivity contribution is 7.17. The van der Waals surface area contributed by atoms with Crippen LogP contribution in [0.5, 0.6) is 0 Å². The summed E-state index contributed by atoms with van der Waals surface area (Å²) in [5.74, 6) is -1.90. The van der Waals surface area contributed by atoms with Crippen molar-refractivity contribution in [3.63, 3.8) is 0 Å². The van der Waals surface area contributed by atoms with Crippen LogP contribution in [0.4, 0.5) is 5.69 Å². The van der Waals surface area contributed by atoms with Crippen LogP contribution in [0.25, 0.3) is 0 Å². The highest BCUT2D eigenvalue weighted by Crippen LogP contribution is 2.40. The first-order valence-corrected chi connectivity index (χ1v) is 7.48. The van der Waals surface area contributed by atoms with Crippen molar-refractivity contribution in [2.24, 2.45) is 0 Å². The van der Waals surface area contributed by atoms with Crippen LogP contribution in [-0.2, 0) is 9.53 Å². The van der Waals surface area contributed by atoms with Crippen molar-refractivity contribution in [1.29, 1.82) is 0 Å². The van der Waals surface area contributed by atoms with Gasteiger partial charge in [-0.2, -0.15) is 0 Å². The van der Waals surface area contributed by atoms with E-state index in [1.165, 1.54) is 14.0 Å². The van der Waals surface area contributed by atoms with Gasteiger partial charge in [-0.15, -0.1) is 11.3 Å². The predicted molar refractivity (Wildman–Crippen MR) is 83.3 cm³/mol. The molecule has 1 N–H and O–H groups in total. The first-order chi connectivity index (χ1) is 11.0. The molecule has 0 radical (unpaired) electrons. The van der Waals surface area contributed by atoms with E-state index in [-0.39, 0.29) is 37.9 Å². The fourth-order valence-electron chi connectivity index (χ4n) is 2.48. The first-order valence-electron chi connectivity index (χ1n) is 6.66. The minimum Gasteiger partial charge on any atom is -0.465 e. The van der Waals surface area contributed by atoms with Crippen LogP contribution in [0, 0.1) is 0 Å². The molecule has 6 nitrogen and oxygen atoms in total. The molecule has 116 valence electrons. The van der Waals surface area contributed by atoms with Gasteiger partial charge in [0.05, 0.1) is 23.2 Å². The number of hydrogen-bond acceptors (Lipinski definition) is 6. The molecule has 3 rings (SSSR count). The second-order valence-electron chi connectivity index (χ2n) is 4.89. The molecular weight excluding hydrogens is 318 g/mol. The Balaban J connectivity index is 2.29. The van der Waals surface area contributed by atoms with Gasteiger partial charge in [0.1, 0.15) is 4.88 Å². The molecule has 0 atom stereocenters. The smallest absolute Gasteiger partial charge is 0.350 e. The van der Waals surface area contributed by atoms with Crippen molar-refractivity contribution in [1.82, 2.24) is 0 Å². The summed E-state index contributed by atoms with van der Waals surface area (Å²) >= 11 is 0.852. The Kier molecular flexibility index (Phi) is 3.57. The number of ether oxygens (including phenoxy) is 1. The number of nitrogens with one attached hydrogen (secondary N) is 1. The number of carbonyl (C=O) groups is 4. The maximum Gasteiger partial charge on any atom is 0.350 e. The average molecular weight is 329 g/mol. The summed E-state index contributed by atoms with van der Waals surface area (Å²) in [6.45, 7) is 1.26. The van der Waals surface area contributed by atoms with E-state index >= 15 is 0 Å². The molecule has 23 heavy (non-hydrogen) atoms. The molecule has 1 aromatic heterocycles. The Morgan fingerprint density at radius 1 is 1.09 bits per heavy atom. The Bertz CT molecular complexity index is 881. The molecule has 0 aliphatic heterocycles. The van der Waals surface area contributed by atoms with Gasteiger partial charge < -0.3 is 10.1 Å². The number of carbonyl (C=O) groups excluding carboxylic acids is 4. The molecule has 1 aromatic carbocycles. The average Bonchev–Trinajstić information content (AvgIpc) is 2.91. The highest BCUT2D eigenvalue weighted by atomic mass is 32.1. The Hall–Kier alpha value is -2.80. The zero-order valence-electron chi connectivity index (χ0n) is 12.3. The number of hydrogen-bond donors (Lipinski definition) is 1. The van der Waals surface area contributed by atoms with E-state index in [1.54, 1.807) is 24.3 Å². The zero-order valence-corrected chi connectivity index (χ0v) is 13.1. The SMILES string of the molecule is COC(=O)c1sc2c(c1NC(C)=O)C(=O)c1ccccc1C2=O.